The molecule has 1 aromatic heterocycles. The van der Waals surface area contributed by atoms with E-state index in [1.165, 1.54) is 0 Å². The molecule has 0 radical (unpaired) electrons. The molecule has 1 aliphatic rings. The highest BCUT2D eigenvalue weighted by Gasteiger charge is 2.29. The smallest absolute Gasteiger partial charge is 0.219 e. The van der Waals surface area contributed by atoms with Crippen molar-refractivity contribution in [1.29, 1.82) is 0 Å². The third-order valence-corrected chi connectivity index (χ3v) is 3.52. The predicted molar refractivity (Wildman–Crippen MR) is 84.4 cm³/mol. The fourth-order valence-corrected chi connectivity index (χ4v) is 2.32. The SMILES string of the molecule is CCNc1nc(C2CC2)nc(NC(C)(C)CC(N)=O)c1C. The number of rotatable bonds is 7. The highest BCUT2D eigenvalue weighted by Crippen LogP contribution is 2.39. The lowest BCUT2D eigenvalue weighted by atomic mass is 10.00. The number of carbonyl (C=O) groups excluding carboxylic acids is 1. The van der Waals surface area contributed by atoms with Crippen LogP contribution in [0.15, 0.2) is 0 Å². The molecule has 0 unspecified atom stereocenters. The molecule has 116 valence electrons. The molecule has 0 atom stereocenters. The average molecular weight is 291 g/mol. The van der Waals surface area contributed by atoms with Crippen molar-refractivity contribution in [2.45, 2.75) is 58.4 Å². The molecular weight excluding hydrogens is 266 g/mol. The summed E-state index contributed by atoms with van der Waals surface area (Å²) in [7, 11) is 0. The Balaban J connectivity index is 2.30. The molecule has 1 aromatic rings. The molecule has 1 fully saturated rings. The summed E-state index contributed by atoms with van der Waals surface area (Å²) in [4.78, 5) is 20.5. The summed E-state index contributed by atoms with van der Waals surface area (Å²) in [5, 5.41) is 6.63. The maximum atomic E-state index is 11.2. The van der Waals surface area contributed by atoms with E-state index in [1.54, 1.807) is 0 Å². The first kappa shape index (κ1) is 15.5. The van der Waals surface area contributed by atoms with Gasteiger partial charge >= 0.3 is 0 Å². The van der Waals surface area contributed by atoms with Gasteiger partial charge in [-0.25, -0.2) is 9.97 Å². The molecule has 2 rings (SSSR count). The minimum atomic E-state index is -0.435. The molecular formula is C15H25N5O. The summed E-state index contributed by atoms with van der Waals surface area (Å²) in [5.74, 6) is 2.69. The van der Waals surface area contributed by atoms with Crippen LogP contribution >= 0.6 is 0 Å². The van der Waals surface area contributed by atoms with Gasteiger partial charge < -0.3 is 16.4 Å². The maximum absolute atomic E-state index is 11.2. The van der Waals surface area contributed by atoms with Gasteiger partial charge in [0.25, 0.3) is 0 Å². The number of nitrogens with two attached hydrogens (primary N) is 1. The monoisotopic (exact) mass is 291 g/mol. The largest absolute Gasteiger partial charge is 0.370 e. The van der Waals surface area contributed by atoms with Crippen LogP contribution in [-0.2, 0) is 4.79 Å². The normalized spacial score (nSPS) is 14.9. The van der Waals surface area contributed by atoms with Gasteiger partial charge in [-0.2, -0.15) is 0 Å². The Kier molecular flexibility index (Phi) is 4.34. The molecule has 6 nitrogen and oxygen atoms in total. The Bertz CT molecular complexity index is 537. The number of hydrogen-bond acceptors (Lipinski definition) is 5. The molecule has 0 aromatic carbocycles. The molecule has 1 heterocycles. The number of carbonyl (C=O) groups is 1. The summed E-state index contributed by atoms with van der Waals surface area (Å²) in [6.45, 7) is 8.73. The first-order valence-corrected chi connectivity index (χ1v) is 7.51. The Morgan fingerprint density at radius 2 is 1.95 bits per heavy atom. The molecule has 1 saturated carbocycles. The van der Waals surface area contributed by atoms with E-state index < -0.39 is 5.54 Å². The maximum Gasteiger partial charge on any atom is 0.219 e. The standard InChI is InChI=1S/C15H25N5O/c1-5-17-12-9(2)13(19-14(18-12)10-6-7-10)20-15(3,4)8-11(16)21/h10H,5-8H2,1-4H3,(H2,16,21)(H2,17,18,19,20). The summed E-state index contributed by atoms with van der Waals surface area (Å²) < 4.78 is 0. The molecule has 1 amide bonds. The van der Waals surface area contributed by atoms with Crippen molar-refractivity contribution in [3.63, 3.8) is 0 Å². The molecule has 0 saturated heterocycles. The molecule has 1 aliphatic carbocycles. The number of nitrogens with zero attached hydrogens (tertiary/aromatic N) is 2. The van der Waals surface area contributed by atoms with Crippen LogP contribution in [-0.4, -0.2) is 28.0 Å². The van der Waals surface area contributed by atoms with E-state index in [9.17, 15) is 4.79 Å². The van der Waals surface area contributed by atoms with Gasteiger partial charge in [-0.15, -0.1) is 0 Å². The van der Waals surface area contributed by atoms with Gasteiger partial charge in [-0.05, 0) is 40.5 Å². The van der Waals surface area contributed by atoms with E-state index in [-0.39, 0.29) is 12.3 Å². The highest BCUT2D eigenvalue weighted by atomic mass is 16.1. The van der Waals surface area contributed by atoms with Crippen LogP contribution in [0.25, 0.3) is 0 Å². The average Bonchev–Trinajstić information content (AvgIpc) is 3.16. The van der Waals surface area contributed by atoms with Crippen LogP contribution < -0.4 is 16.4 Å². The Hall–Kier alpha value is -1.85. The van der Waals surface area contributed by atoms with Gasteiger partial charge in [0.2, 0.25) is 5.91 Å². The van der Waals surface area contributed by atoms with Gasteiger partial charge in [0.05, 0.1) is 0 Å². The lowest BCUT2D eigenvalue weighted by Gasteiger charge is -2.27. The minimum Gasteiger partial charge on any atom is -0.370 e. The summed E-state index contributed by atoms with van der Waals surface area (Å²) in [6, 6.07) is 0. The second-order valence-corrected chi connectivity index (χ2v) is 6.36. The van der Waals surface area contributed by atoms with Crippen molar-refractivity contribution < 1.29 is 4.79 Å². The van der Waals surface area contributed by atoms with Crippen LogP contribution in [0.3, 0.4) is 0 Å². The van der Waals surface area contributed by atoms with E-state index in [0.29, 0.717) is 5.92 Å². The van der Waals surface area contributed by atoms with Gasteiger partial charge in [-0.1, -0.05) is 0 Å². The van der Waals surface area contributed by atoms with Crippen LogP contribution in [0.4, 0.5) is 11.6 Å². The Labute approximate surface area is 125 Å². The van der Waals surface area contributed by atoms with Gasteiger partial charge in [0.1, 0.15) is 17.5 Å². The van der Waals surface area contributed by atoms with Gasteiger partial charge in [0.15, 0.2) is 0 Å². The number of amides is 1. The van der Waals surface area contributed by atoms with E-state index in [4.69, 9.17) is 5.73 Å². The van der Waals surface area contributed by atoms with Crippen molar-refractivity contribution in [3.8, 4) is 0 Å². The number of primary amides is 1. The Morgan fingerprint density at radius 1 is 1.33 bits per heavy atom. The third kappa shape index (κ3) is 4.06. The second-order valence-electron chi connectivity index (χ2n) is 6.36. The van der Waals surface area contributed by atoms with Crippen LogP contribution in [0, 0.1) is 6.92 Å². The lowest BCUT2D eigenvalue weighted by Crippen LogP contribution is -2.36. The second kappa shape index (κ2) is 5.87. The number of nitrogens with one attached hydrogen (secondary N) is 2. The van der Waals surface area contributed by atoms with Gasteiger partial charge in [0, 0.05) is 30.0 Å². The minimum absolute atomic E-state index is 0.256. The van der Waals surface area contributed by atoms with E-state index in [1.807, 2.05) is 27.7 Å². The quantitative estimate of drug-likeness (QED) is 0.716. The van der Waals surface area contributed by atoms with Crippen molar-refractivity contribution in [1.82, 2.24) is 9.97 Å². The summed E-state index contributed by atoms with van der Waals surface area (Å²) in [6.07, 6.45) is 2.56. The van der Waals surface area contributed by atoms with E-state index in [0.717, 1.165) is 42.4 Å². The number of anilines is 2. The van der Waals surface area contributed by atoms with Crippen molar-refractivity contribution in [2.75, 3.05) is 17.2 Å². The van der Waals surface area contributed by atoms with Gasteiger partial charge in [-0.3, -0.25) is 4.79 Å². The van der Waals surface area contributed by atoms with E-state index >= 15 is 0 Å². The fraction of sp³-hybridized carbons (Fsp3) is 0.667. The predicted octanol–water partition coefficient (Wildman–Crippen LogP) is 2.16. The summed E-state index contributed by atoms with van der Waals surface area (Å²) >= 11 is 0. The zero-order chi connectivity index (χ0) is 15.6. The molecule has 4 N–H and O–H groups in total. The van der Waals surface area contributed by atoms with Crippen molar-refractivity contribution >= 4 is 17.5 Å². The first-order valence-electron chi connectivity index (χ1n) is 7.51. The highest BCUT2D eigenvalue weighted by molar-refractivity contribution is 5.75. The third-order valence-electron chi connectivity index (χ3n) is 3.52. The van der Waals surface area contributed by atoms with Crippen molar-refractivity contribution in [2.24, 2.45) is 5.73 Å². The first-order chi connectivity index (χ1) is 9.82. The summed E-state index contributed by atoms with van der Waals surface area (Å²) in [5.41, 5.74) is 5.85. The molecule has 21 heavy (non-hydrogen) atoms. The van der Waals surface area contributed by atoms with Crippen LogP contribution in [0.2, 0.25) is 0 Å². The molecule has 0 aliphatic heterocycles. The Morgan fingerprint density at radius 3 is 2.48 bits per heavy atom. The van der Waals surface area contributed by atoms with E-state index in [2.05, 4.69) is 20.6 Å². The molecule has 0 spiro atoms. The van der Waals surface area contributed by atoms with Crippen LogP contribution in [0.5, 0.6) is 0 Å². The zero-order valence-electron chi connectivity index (χ0n) is 13.3. The number of aromatic nitrogens is 2. The van der Waals surface area contributed by atoms with Crippen molar-refractivity contribution in [3.05, 3.63) is 11.4 Å². The fourth-order valence-electron chi connectivity index (χ4n) is 2.32. The topological polar surface area (TPSA) is 92.9 Å². The molecule has 6 heteroatoms. The number of hydrogen-bond donors (Lipinski definition) is 3. The zero-order valence-corrected chi connectivity index (χ0v) is 13.3. The van der Waals surface area contributed by atoms with Crippen LogP contribution in [0.1, 0.15) is 57.3 Å². The molecule has 0 bridgehead atoms. The lowest BCUT2D eigenvalue weighted by molar-refractivity contribution is -0.118.